The Morgan fingerprint density at radius 3 is 3.14 bits per heavy atom. The number of aliphatic hydroxyl groups excluding tert-OH is 1. The third-order valence-electron chi connectivity index (χ3n) is 2.12. The number of aliphatic hydroxyl groups is 1. The summed E-state index contributed by atoms with van der Waals surface area (Å²) in [6.45, 7) is 3.04. The van der Waals surface area contributed by atoms with Gasteiger partial charge in [0.25, 0.3) is 0 Å². The molecule has 1 fully saturated rings. The van der Waals surface area contributed by atoms with Crippen molar-refractivity contribution in [3.63, 3.8) is 0 Å². The first-order valence-electron chi connectivity index (χ1n) is 4.54. The maximum absolute atomic E-state index is 9.78. The molecule has 3 nitrogen and oxygen atoms in total. The highest BCUT2D eigenvalue weighted by atomic mass is 31.1. The Bertz CT molecular complexity index is 224. The zero-order valence-electron chi connectivity index (χ0n) is 8.19. The number of ether oxygens (including phenoxy) is 2. The van der Waals surface area contributed by atoms with Crippen LogP contribution in [0, 0.1) is 17.5 Å². The molecule has 0 aromatic rings. The minimum atomic E-state index is -0.492. The Morgan fingerprint density at radius 1 is 1.71 bits per heavy atom. The van der Waals surface area contributed by atoms with Crippen LogP contribution >= 0.6 is 17.8 Å². The molecule has 80 valence electrons. The van der Waals surface area contributed by atoms with E-state index in [9.17, 15) is 5.11 Å². The van der Waals surface area contributed by atoms with E-state index in [2.05, 4.69) is 27.5 Å². The Morgan fingerprint density at radius 2 is 2.50 bits per heavy atom. The first kappa shape index (κ1) is 12.4. The molecule has 14 heavy (non-hydrogen) atoms. The summed E-state index contributed by atoms with van der Waals surface area (Å²) in [6, 6.07) is 0. The van der Waals surface area contributed by atoms with Crippen LogP contribution in [0.2, 0.25) is 0 Å². The van der Waals surface area contributed by atoms with Crippen molar-refractivity contribution in [1.82, 2.24) is 0 Å². The third kappa shape index (κ3) is 3.46. The van der Waals surface area contributed by atoms with E-state index >= 15 is 0 Å². The van der Waals surface area contributed by atoms with E-state index in [0.29, 0.717) is 13.2 Å². The fourth-order valence-electron chi connectivity index (χ4n) is 1.39. The lowest BCUT2D eigenvalue weighted by Gasteiger charge is -2.15. The molecule has 0 amide bonds. The Balaban J connectivity index is 2.30. The van der Waals surface area contributed by atoms with E-state index in [4.69, 9.17) is 9.47 Å². The zero-order valence-corrected chi connectivity index (χ0v) is 10.3. The standard InChI is InChI=1S/C9H16O3P2/c1-14-6-7-5-12-9(8(7)10)11-3-2-4-13/h7-10,14H,3,5-6,13H2,1H3. The van der Waals surface area contributed by atoms with Crippen LogP contribution in [0.3, 0.4) is 0 Å². The second kappa shape index (κ2) is 6.72. The molecule has 0 saturated carbocycles. The van der Waals surface area contributed by atoms with Crippen molar-refractivity contribution in [1.29, 1.82) is 0 Å². The van der Waals surface area contributed by atoms with Crippen molar-refractivity contribution >= 4 is 17.8 Å². The quantitative estimate of drug-likeness (QED) is 0.568. The summed E-state index contributed by atoms with van der Waals surface area (Å²) < 4.78 is 10.6. The molecule has 5 unspecified atom stereocenters. The van der Waals surface area contributed by atoms with Gasteiger partial charge in [-0.25, -0.2) is 0 Å². The van der Waals surface area contributed by atoms with Crippen molar-refractivity contribution in [2.75, 3.05) is 26.0 Å². The van der Waals surface area contributed by atoms with E-state index in [1.807, 2.05) is 0 Å². The molecule has 0 spiro atoms. The van der Waals surface area contributed by atoms with E-state index in [1.165, 1.54) is 0 Å². The van der Waals surface area contributed by atoms with Crippen LogP contribution in [0.5, 0.6) is 0 Å². The lowest BCUT2D eigenvalue weighted by molar-refractivity contribution is -0.142. The van der Waals surface area contributed by atoms with Crippen molar-refractivity contribution in [2.45, 2.75) is 12.4 Å². The monoisotopic (exact) mass is 234 g/mol. The third-order valence-corrected chi connectivity index (χ3v) is 3.26. The molecule has 0 radical (unpaired) electrons. The predicted octanol–water partition coefficient (Wildman–Crippen LogP) is 0.481. The molecule has 1 N–H and O–H groups in total. The van der Waals surface area contributed by atoms with Crippen LogP contribution in [-0.2, 0) is 9.47 Å². The van der Waals surface area contributed by atoms with Crippen LogP contribution in [-0.4, -0.2) is 43.5 Å². The van der Waals surface area contributed by atoms with Gasteiger partial charge in [0.05, 0.1) is 6.61 Å². The van der Waals surface area contributed by atoms with Gasteiger partial charge >= 0.3 is 0 Å². The maximum Gasteiger partial charge on any atom is 0.184 e. The van der Waals surface area contributed by atoms with E-state index in [0.717, 1.165) is 14.7 Å². The minimum Gasteiger partial charge on any atom is -0.387 e. The van der Waals surface area contributed by atoms with Crippen LogP contribution in [0.15, 0.2) is 0 Å². The topological polar surface area (TPSA) is 38.7 Å². The summed E-state index contributed by atoms with van der Waals surface area (Å²) in [4.78, 5) is 0. The molecule has 0 aliphatic carbocycles. The van der Waals surface area contributed by atoms with Crippen molar-refractivity contribution < 1.29 is 14.6 Å². The molecule has 1 heterocycles. The SMILES string of the molecule is CPCC1COC(OCC#CP)C1O. The lowest BCUT2D eigenvalue weighted by atomic mass is 10.1. The molecular weight excluding hydrogens is 218 g/mol. The maximum atomic E-state index is 9.78. The summed E-state index contributed by atoms with van der Waals surface area (Å²) in [5.74, 6) is 2.97. The fourth-order valence-corrected chi connectivity index (χ4v) is 2.36. The zero-order chi connectivity index (χ0) is 10.4. The molecule has 0 bridgehead atoms. The normalized spacial score (nSPS) is 32.1. The molecule has 1 rings (SSSR count). The highest BCUT2D eigenvalue weighted by molar-refractivity contribution is 7.37. The summed E-state index contributed by atoms with van der Waals surface area (Å²) >= 11 is 0. The van der Waals surface area contributed by atoms with Crippen LogP contribution < -0.4 is 0 Å². The Hall–Kier alpha value is 0.300. The van der Waals surface area contributed by atoms with Crippen molar-refractivity contribution in [2.24, 2.45) is 5.92 Å². The molecule has 1 aliphatic rings. The largest absolute Gasteiger partial charge is 0.387 e. The number of hydrogen-bond acceptors (Lipinski definition) is 3. The molecule has 0 aromatic heterocycles. The Labute approximate surface area is 88.9 Å². The van der Waals surface area contributed by atoms with Crippen molar-refractivity contribution in [3.05, 3.63) is 0 Å². The van der Waals surface area contributed by atoms with Gasteiger partial charge in [-0.05, 0) is 12.8 Å². The molecule has 1 saturated heterocycles. The van der Waals surface area contributed by atoms with Crippen molar-refractivity contribution in [3.8, 4) is 11.6 Å². The summed E-state index contributed by atoms with van der Waals surface area (Å²) in [6.07, 6.45) is 0.0343. The second-order valence-electron chi connectivity index (χ2n) is 3.14. The summed E-state index contributed by atoms with van der Waals surface area (Å²) in [5.41, 5.74) is 2.65. The summed E-state index contributed by atoms with van der Waals surface area (Å²) in [7, 11) is 3.14. The van der Waals surface area contributed by atoms with E-state index in [1.54, 1.807) is 0 Å². The molecule has 1 aliphatic heterocycles. The predicted molar refractivity (Wildman–Crippen MR) is 61.8 cm³/mol. The molecular formula is C9H16O3P2. The molecule has 5 atom stereocenters. The average Bonchev–Trinajstić information content (AvgIpc) is 2.51. The highest BCUT2D eigenvalue weighted by Gasteiger charge is 2.35. The van der Waals surface area contributed by atoms with Gasteiger partial charge in [0, 0.05) is 5.92 Å². The van der Waals surface area contributed by atoms with Gasteiger partial charge in [-0.2, -0.15) is 0 Å². The smallest absolute Gasteiger partial charge is 0.184 e. The van der Waals surface area contributed by atoms with Gasteiger partial charge in [0.1, 0.15) is 12.7 Å². The Kier molecular flexibility index (Phi) is 5.94. The van der Waals surface area contributed by atoms with Crippen LogP contribution in [0.1, 0.15) is 0 Å². The number of hydrogen-bond donors (Lipinski definition) is 1. The fraction of sp³-hybridized carbons (Fsp3) is 0.778. The molecule has 5 heteroatoms. The first-order chi connectivity index (χ1) is 6.79. The van der Waals surface area contributed by atoms with Crippen LogP contribution in [0.4, 0.5) is 0 Å². The first-order valence-corrected chi connectivity index (χ1v) is 6.82. The summed E-state index contributed by atoms with van der Waals surface area (Å²) in [5, 5.41) is 9.78. The van der Waals surface area contributed by atoms with Gasteiger partial charge in [-0.3, -0.25) is 0 Å². The van der Waals surface area contributed by atoms with Gasteiger partial charge in [0.2, 0.25) is 0 Å². The van der Waals surface area contributed by atoms with Crippen LogP contribution in [0.25, 0.3) is 0 Å². The van der Waals surface area contributed by atoms with Gasteiger partial charge < -0.3 is 14.6 Å². The van der Waals surface area contributed by atoms with E-state index in [-0.39, 0.29) is 5.92 Å². The lowest BCUT2D eigenvalue weighted by Crippen LogP contribution is -2.29. The second-order valence-corrected chi connectivity index (χ2v) is 4.55. The van der Waals surface area contributed by atoms with Gasteiger partial charge in [-0.1, -0.05) is 20.8 Å². The van der Waals surface area contributed by atoms with E-state index < -0.39 is 12.4 Å². The highest BCUT2D eigenvalue weighted by Crippen LogP contribution is 2.25. The minimum absolute atomic E-state index is 0.229. The molecule has 0 aromatic carbocycles. The van der Waals surface area contributed by atoms with Gasteiger partial charge in [0.15, 0.2) is 6.29 Å². The van der Waals surface area contributed by atoms with Gasteiger partial charge in [-0.15, -0.1) is 8.58 Å². The average molecular weight is 234 g/mol. The number of rotatable bonds is 4.